The van der Waals surface area contributed by atoms with Crippen molar-refractivity contribution in [1.29, 1.82) is 0 Å². The number of hydrogen-bond acceptors (Lipinski definition) is 2. The lowest BCUT2D eigenvalue weighted by atomic mass is 10.0. The summed E-state index contributed by atoms with van der Waals surface area (Å²) in [6, 6.07) is 7.07. The van der Waals surface area contributed by atoms with Gasteiger partial charge in [0.15, 0.2) is 0 Å². The van der Waals surface area contributed by atoms with Crippen LogP contribution >= 0.6 is 27.5 Å². The second kappa shape index (κ2) is 5.61. The number of rotatable bonds is 2. The SMILES string of the molecule is O=c1[nH]c2cc(Br)c(-c3c(Cl)cccc3OC(F)(F)F)cc2[nH]1. The fourth-order valence-electron chi connectivity index (χ4n) is 2.22. The number of halogens is 5. The van der Waals surface area contributed by atoms with Crippen LogP contribution in [0.3, 0.4) is 0 Å². The van der Waals surface area contributed by atoms with Gasteiger partial charge in [0.05, 0.1) is 16.1 Å². The first-order valence-corrected chi connectivity index (χ1v) is 7.38. The van der Waals surface area contributed by atoms with Gasteiger partial charge in [-0.05, 0) is 24.3 Å². The number of fused-ring (bicyclic) bond motifs is 1. The molecule has 0 unspecified atom stereocenters. The summed E-state index contributed by atoms with van der Waals surface area (Å²) in [5.74, 6) is -0.428. The maximum atomic E-state index is 12.6. The quantitative estimate of drug-likeness (QED) is 0.639. The molecule has 1 aromatic heterocycles. The molecule has 1 heterocycles. The van der Waals surface area contributed by atoms with Gasteiger partial charge in [-0.25, -0.2) is 4.79 Å². The van der Waals surface area contributed by atoms with E-state index in [2.05, 4.69) is 30.6 Å². The molecule has 23 heavy (non-hydrogen) atoms. The number of hydrogen-bond donors (Lipinski definition) is 2. The highest BCUT2D eigenvalue weighted by Crippen LogP contribution is 2.42. The molecule has 2 N–H and O–H groups in total. The molecular weight excluding hydrogens is 401 g/mol. The van der Waals surface area contributed by atoms with Gasteiger partial charge in [-0.2, -0.15) is 0 Å². The summed E-state index contributed by atoms with van der Waals surface area (Å²) >= 11 is 9.35. The Morgan fingerprint density at radius 2 is 1.78 bits per heavy atom. The van der Waals surface area contributed by atoms with E-state index >= 15 is 0 Å². The first-order valence-electron chi connectivity index (χ1n) is 6.21. The van der Waals surface area contributed by atoms with E-state index < -0.39 is 17.8 Å². The Morgan fingerprint density at radius 1 is 1.13 bits per heavy atom. The third kappa shape index (κ3) is 3.23. The van der Waals surface area contributed by atoms with E-state index in [0.717, 1.165) is 0 Å². The predicted octanol–water partition coefficient (Wildman–Crippen LogP) is 4.84. The number of benzene rings is 2. The molecule has 3 aromatic rings. The summed E-state index contributed by atoms with van der Waals surface area (Å²) in [4.78, 5) is 16.4. The minimum absolute atomic E-state index is 0.0716. The van der Waals surface area contributed by atoms with E-state index in [9.17, 15) is 18.0 Å². The Bertz CT molecular complexity index is 949. The van der Waals surface area contributed by atoms with Crippen LogP contribution in [0.1, 0.15) is 0 Å². The topological polar surface area (TPSA) is 57.9 Å². The largest absolute Gasteiger partial charge is 0.573 e. The van der Waals surface area contributed by atoms with Crippen molar-refractivity contribution in [3.05, 3.63) is 50.3 Å². The highest BCUT2D eigenvalue weighted by Gasteiger charge is 2.33. The van der Waals surface area contributed by atoms with E-state index in [1.807, 2.05) is 0 Å². The molecule has 0 bridgehead atoms. The molecule has 0 aliphatic rings. The normalized spacial score (nSPS) is 11.9. The molecule has 4 nitrogen and oxygen atoms in total. The van der Waals surface area contributed by atoms with Gasteiger partial charge in [0.25, 0.3) is 0 Å². The monoisotopic (exact) mass is 406 g/mol. The molecule has 9 heteroatoms. The molecule has 0 aliphatic carbocycles. The standard InChI is InChI=1S/C14H7BrClF3N2O2/c15-7-5-10-9(20-13(22)21-10)4-6(7)12-8(16)2-1-3-11(12)23-14(17,18)19/h1-5H,(H2,20,21,22). The molecule has 0 spiro atoms. The van der Waals surface area contributed by atoms with Gasteiger partial charge in [0.1, 0.15) is 5.75 Å². The number of ether oxygens (including phenoxy) is 1. The smallest absolute Gasteiger partial charge is 0.405 e. The van der Waals surface area contributed by atoms with Gasteiger partial charge in [0.2, 0.25) is 0 Å². The van der Waals surface area contributed by atoms with Crippen LogP contribution in [0, 0.1) is 0 Å². The van der Waals surface area contributed by atoms with Gasteiger partial charge in [-0.1, -0.05) is 33.6 Å². The Balaban J connectivity index is 2.25. The first kappa shape index (κ1) is 15.9. The highest BCUT2D eigenvalue weighted by molar-refractivity contribution is 9.10. The molecule has 0 saturated carbocycles. The summed E-state index contributed by atoms with van der Waals surface area (Å²) in [7, 11) is 0. The number of imidazole rings is 1. The van der Waals surface area contributed by atoms with Crippen molar-refractivity contribution in [3.63, 3.8) is 0 Å². The number of aromatic nitrogens is 2. The molecule has 0 atom stereocenters. The third-order valence-corrected chi connectivity index (χ3v) is 4.05. The van der Waals surface area contributed by atoms with Gasteiger partial charge >= 0.3 is 12.1 Å². The Kier molecular flexibility index (Phi) is 3.89. The highest BCUT2D eigenvalue weighted by atomic mass is 79.9. The molecular formula is C14H7BrClF3N2O2. The summed E-state index contributed by atoms with van der Waals surface area (Å²) < 4.78 is 42.3. The molecule has 0 radical (unpaired) electrons. The summed E-state index contributed by atoms with van der Waals surface area (Å²) in [5.41, 5.74) is 0.955. The molecule has 0 saturated heterocycles. The van der Waals surface area contributed by atoms with Crippen LogP contribution in [0.4, 0.5) is 13.2 Å². The lowest BCUT2D eigenvalue weighted by Crippen LogP contribution is -2.17. The average Bonchev–Trinajstić information content (AvgIpc) is 2.76. The van der Waals surface area contributed by atoms with Crippen molar-refractivity contribution < 1.29 is 17.9 Å². The second-order valence-electron chi connectivity index (χ2n) is 4.62. The van der Waals surface area contributed by atoms with E-state index in [-0.39, 0.29) is 10.6 Å². The lowest BCUT2D eigenvalue weighted by Gasteiger charge is -2.15. The van der Waals surface area contributed by atoms with Gasteiger partial charge < -0.3 is 14.7 Å². The zero-order valence-electron chi connectivity index (χ0n) is 11.1. The molecule has 2 aromatic carbocycles. The zero-order valence-corrected chi connectivity index (χ0v) is 13.4. The van der Waals surface area contributed by atoms with Crippen molar-refractivity contribution in [2.75, 3.05) is 0 Å². The predicted molar refractivity (Wildman–Crippen MR) is 83.7 cm³/mol. The van der Waals surface area contributed by atoms with Crippen LogP contribution in [0.5, 0.6) is 5.75 Å². The first-order chi connectivity index (χ1) is 10.7. The maximum absolute atomic E-state index is 12.6. The summed E-state index contributed by atoms with van der Waals surface area (Å²) in [6.45, 7) is 0. The average molecular weight is 408 g/mol. The van der Waals surface area contributed by atoms with Crippen molar-refractivity contribution >= 4 is 38.6 Å². The van der Waals surface area contributed by atoms with Gasteiger partial charge in [-0.15, -0.1) is 13.2 Å². The van der Waals surface area contributed by atoms with Crippen LogP contribution in [-0.2, 0) is 0 Å². The summed E-state index contributed by atoms with van der Waals surface area (Å²) in [6.07, 6.45) is -4.85. The molecule has 0 aliphatic heterocycles. The lowest BCUT2D eigenvalue weighted by molar-refractivity contribution is -0.274. The molecule has 0 amide bonds. The van der Waals surface area contributed by atoms with E-state index in [4.69, 9.17) is 11.6 Å². The molecule has 3 rings (SSSR count). The van der Waals surface area contributed by atoms with Crippen LogP contribution < -0.4 is 10.4 Å². The van der Waals surface area contributed by atoms with Crippen molar-refractivity contribution in [1.82, 2.24) is 9.97 Å². The van der Waals surface area contributed by atoms with Crippen LogP contribution in [-0.4, -0.2) is 16.3 Å². The van der Waals surface area contributed by atoms with Crippen LogP contribution in [0.25, 0.3) is 22.2 Å². The zero-order chi connectivity index (χ0) is 16.8. The van der Waals surface area contributed by atoms with E-state index in [1.165, 1.54) is 24.3 Å². The second-order valence-corrected chi connectivity index (χ2v) is 5.88. The minimum Gasteiger partial charge on any atom is -0.405 e. The van der Waals surface area contributed by atoms with E-state index in [0.29, 0.717) is 21.1 Å². The summed E-state index contributed by atoms with van der Waals surface area (Å²) in [5, 5.41) is 0.0877. The number of aromatic amines is 2. The third-order valence-electron chi connectivity index (χ3n) is 3.07. The fraction of sp³-hybridized carbons (Fsp3) is 0.0714. The Labute approximate surface area is 140 Å². The van der Waals surface area contributed by atoms with Crippen LogP contribution in [0.15, 0.2) is 39.6 Å². The Hall–Kier alpha value is -1.93. The van der Waals surface area contributed by atoms with Crippen molar-refractivity contribution in [2.45, 2.75) is 6.36 Å². The van der Waals surface area contributed by atoms with E-state index in [1.54, 1.807) is 6.07 Å². The number of H-pyrrole nitrogens is 2. The van der Waals surface area contributed by atoms with Crippen molar-refractivity contribution in [2.24, 2.45) is 0 Å². The number of nitrogens with one attached hydrogen (secondary N) is 2. The molecule has 120 valence electrons. The fourth-order valence-corrected chi connectivity index (χ4v) is 3.03. The van der Waals surface area contributed by atoms with Crippen molar-refractivity contribution in [3.8, 4) is 16.9 Å². The Morgan fingerprint density at radius 3 is 2.43 bits per heavy atom. The molecule has 0 fully saturated rings. The van der Waals surface area contributed by atoms with Crippen LogP contribution in [0.2, 0.25) is 5.02 Å². The minimum atomic E-state index is -4.85. The van der Waals surface area contributed by atoms with Gasteiger partial charge in [-0.3, -0.25) is 0 Å². The number of alkyl halides is 3. The van der Waals surface area contributed by atoms with Gasteiger partial charge in [0, 0.05) is 15.6 Å². The maximum Gasteiger partial charge on any atom is 0.573 e.